The predicted molar refractivity (Wildman–Crippen MR) is 94.9 cm³/mol. The van der Waals surface area contributed by atoms with Gasteiger partial charge < -0.3 is 20.1 Å². The minimum absolute atomic E-state index is 0.0376. The highest BCUT2D eigenvalue weighted by Crippen LogP contribution is 2.41. The molecule has 0 amide bonds. The zero-order valence-electron chi connectivity index (χ0n) is 14.8. The lowest BCUT2D eigenvalue weighted by Gasteiger charge is -2.42. The average molecular weight is 366 g/mol. The third-order valence-corrected chi connectivity index (χ3v) is 4.27. The van der Waals surface area contributed by atoms with Gasteiger partial charge >= 0.3 is 6.11 Å². The molecule has 1 aliphatic heterocycles. The maximum atomic E-state index is 15.0. The largest absolute Gasteiger partial charge is 0.430 e. The molecular weight excluding hydrogens is 345 g/mol. The fraction of sp³-hybridized carbons (Fsp3) is 0.368. The Hall–Kier alpha value is -2.41. The third kappa shape index (κ3) is 3.44. The Kier molecular flexibility index (Phi) is 4.52. The van der Waals surface area contributed by atoms with Crippen LogP contribution in [0.3, 0.4) is 0 Å². The van der Waals surface area contributed by atoms with E-state index in [0.717, 1.165) is 11.4 Å². The fourth-order valence-electron chi connectivity index (χ4n) is 3.08. The molecule has 0 radical (unpaired) electrons. The van der Waals surface area contributed by atoms with Crippen molar-refractivity contribution in [1.82, 2.24) is 0 Å². The van der Waals surface area contributed by atoms with E-state index in [2.05, 4.69) is 10.1 Å². The number of aliphatic hydroxyl groups is 1. The molecule has 4 nitrogen and oxygen atoms in total. The zero-order chi connectivity index (χ0) is 19.1. The second kappa shape index (κ2) is 6.39. The SMILES string of the molecule is Cc1c(OC(F)(F)CO)ccc(N2CC(C)(C)Nc3ccccc32)c1F. The first-order chi connectivity index (χ1) is 12.1. The maximum Gasteiger partial charge on any atom is 0.421 e. The minimum atomic E-state index is -3.76. The van der Waals surface area contributed by atoms with Gasteiger partial charge in [-0.05, 0) is 45.0 Å². The molecule has 0 aliphatic carbocycles. The molecule has 7 heteroatoms. The number of hydrogen-bond acceptors (Lipinski definition) is 4. The van der Waals surface area contributed by atoms with Crippen molar-refractivity contribution in [2.24, 2.45) is 0 Å². The van der Waals surface area contributed by atoms with Crippen LogP contribution in [0.2, 0.25) is 0 Å². The van der Waals surface area contributed by atoms with E-state index >= 15 is 4.39 Å². The monoisotopic (exact) mass is 366 g/mol. The van der Waals surface area contributed by atoms with Gasteiger partial charge in [-0.1, -0.05) is 12.1 Å². The molecule has 0 atom stereocenters. The molecular formula is C19H21F3N2O2. The summed E-state index contributed by atoms with van der Waals surface area (Å²) in [6.45, 7) is 4.39. The lowest BCUT2D eigenvalue weighted by Crippen LogP contribution is -2.46. The van der Waals surface area contributed by atoms with E-state index in [1.165, 1.54) is 19.1 Å². The zero-order valence-corrected chi connectivity index (χ0v) is 14.8. The molecule has 3 rings (SSSR count). The Morgan fingerprint density at radius 2 is 1.88 bits per heavy atom. The van der Waals surface area contributed by atoms with Crippen LogP contribution in [-0.4, -0.2) is 29.9 Å². The van der Waals surface area contributed by atoms with Gasteiger partial charge in [0.2, 0.25) is 0 Å². The van der Waals surface area contributed by atoms with Crippen molar-refractivity contribution in [2.75, 3.05) is 23.4 Å². The summed E-state index contributed by atoms with van der Waals surface area (Å²) in [6, 6.07) is 10.2. The van der Waals surface area contributed by atoms with Crippen molar-refractivity contribution in [3.8, 4) is 5.75 Å². The molecule has 0 saturated carbocycles. The van der Waals surface area contributed by atoms with Crippen LogP contribution in [0.5, 0.6) is 5.75 Å². The van der Waals surface area contributed by atoms with E-state index in [9.17, 15) is 8.78 Å². The fourth-order valence-corrected chi connectivity index (χ4v) is 3.08. The van der Waals surface area contributed by atoms with Crippen LogP contribution in [0, 0.1) is 12.7 Å². The van der Waals surface area contributed by atoms with Gasteiger partial charge in [0.1, 0.15) is 12.4 Å². The van der Waals surface area contributed by atoms with Crippen LogP contribution in [0.1, 0.15) is 19.4 Å². The van der Waals surface area contributed by atoms with Gasteiger partial charge in [-0.25, -0.2) is 4.39 Å². The molecule has 2 aromatic rings. The number of fused-ring (bicyclic) bond motifs is 1. The molecule has 1 heterocycles. The summed E-state index contributed by atoms with van der Waals surface area (Å²) in [5.74, 6) is -0.934. The van der Waals surface area contributed by atoms with Gasteiger partial charge in [0, 0.05) is 17.6 Å². The second-order valence-electron chi connectivity index (χ2n) is 7.03. The van der Waals surface area contributed by atoms with Crippen molar-refractivity contribution in [3.05, 3.63) is 47.8 Å². The number of ether oxygens (including phenoxy) is 1. The van der Waals surface area contributed by atoms with Crippen molar-refractivity contribution >= 4 is 17.1 Å². The van der Waals surface area contributed by atoms with E-state index in [0.29, 0.717) is 6.54 Å². The van der Waals surface area contributed by atoms with Crippen LogP contribution in [0.25, 0.3) is 0 Å². The smallest absolute Gasteiger partial charge is 0.421 e. The van der Waals surface area contributed by atoms with Crippen LogP contribution < -0.4 is 15.0 Å². The lowest BCUT2D eigenvalue weighted by molar-refractivity contribution is -0.201. The Bertz CT molecular complexity index is 824. The molecule has 0 aromatic heterocycles. The molecule has 140 valence electrons. The average Bonchev–Trinajstić information content (AvgIpc) is 2.57. The second-order valence-corrected chi connectivity index (χ2v) is 7.03. The number of benzene rings is 2. The highest BCUT2D eigenvalue weighted by atomic mass is 19.3. The molecule has 26 heavy (non-hydrogen) atoms. The van der Waals surface area contributed by atoms with Gasteiger partial charge in [0.25, 0.3) is 0 Å². The summed E-state index contributed by atoms with van der Waals surface area (Å²) >= 11 is 0. The molecule has 0 bridgehead atoms. The summed E-state index contributed by atoms with van der Waals surface area (Å²) in [4.78, 5) is 1.82. The minimum Gasteiger partial charge on any atom is -0.430 e. The summed E-state index contributed by atoms with van der Waals surface area (Å²) in [5, 5.41) is 12.1. The number of nitrogens with one attached hydrogen (secondary N) is 1. The first-order valence-electron chi connectivity index (χ1n) is 8.25. The lowest BCUT2D eigenvalue weighted by atomic mass is 9.98. The Balaban J connectivity index is 2.04. The van der Waals surface area contributed by atoms with Crippen molar-refractivity contribution < 1.29 is 23.0 Å². The van der Waals surface area contributed by atoms with E-state index in [4.69, 9.17) is 5.11 Å². The number of halogens is 3. The predicted octanol–water partition coefficient (Wildman–Crippen LogP) is 4.44. The van der Waals surface area contributed by atoms with Crippen LogP contribution in [0.4, 0.5) is 30.2 Å². The van der Waals surface area contributed by atoms with Crippen molar-refractivity contribution in [3.63, 3.8) is 0 Å². The van der Waals surface area contributed by atoms with E-state index in [1.807, 2.05) is 43.0 Å². The molecule has 0 unspecified atom stereocenters. The highest BCUT2D eigenvalue weighted by molar-refractivity contribution is 5.80. The molecule has 0 spiro atoms. The summed E-state index contributed by atoms with van der Waals surface area (Å²) in [5.41, 5.74) is 1.61. The third-order valence-electron chi connectivity index (χ3n) is 4.27. The first-order valence-corrected chi connectivity index (χ1v) is 8.25. The highest BCUT2D eigenvalue weighted by Gasteiger charge is 2.34. The number of para-hydroxylation sites is 2. The van der Waals surface area contributed by atoms with Crippen LogP contribution in [0.15, 0.2) is 36.4 Å². The molecule has 0 saturated heterocycles. The number of hydrogen-bond donors (Lipinski definition) is 2. The summed E-state index contributed by atoms with van der Waals surface area (Å²) in [6.07, 6.45) is -3.76. The van der Waals surface area contributed by atoms with Gasteiger partial charge in [-0.3, -0.25) is 0 Å². The Labute approximate surface area is 150 Å². The topological polar surface area (TPSA) is 44.7 Å². The Morgan fingerprint density at radius 1 is 1.19 bits per heavy atom. The van der Waals surface area contributed by atoms with Crippen LogP contribution in [-0.2, 0) is 0 Å². The van der Waals surface area contributed by atoms with Crippen LogP contribution >= 0.6 is 0 Å². The summed E-state index contributed by atoms with van der Waals surface area (Å²) in [7, 11) is 0. The Morgan fingerprint density at radius 3 is 2.58 bits per heavy atom. The maximum absolute atomic E-state index is 15.0. The van der Waals surface area contributed by atoms with Gasteiger partial charge in [0.05, 0.1) is 17.1 Å². The molecule has 1 aliphatic rings. The standard InChI is InChI=1S/C19H21F3N2O2/c1-12-16(26-19(21,22)11-25)9-8-15(17(12)20)24-10-18(2,3)23-13-6-4-5-7-14(13)24/h4-9,23,25H,10-11H2,1-3H3. The van der Waals surface area contributed by atoms with Crippen molar-refractivity contribution in [2.45, 2.75) is 32.4 Å². The van der Waals surface area contributed by atoms with Gasteiger partial charge in [-0.15, -0.1) is 0 Å². The van der Waals surface area contributed by atoms with Crippen molar-refractivity contribution in [1.29, 1.82) is 0 Å². The van der Waals surface area contributed by atoms with Gasteiger partial charge in [0.15, 0.2) is 5.82 Å². The normalized spacial score (nSPS) is 16.0. The number of aliphatic hydroxyl groups excluding tert-OH is 1. The number of nitrogens with zero attached hydrogens (tertiary/aromatic N) is 1. The van der Waals surface area contributed by atoms with E-state index in [1.54, 1.807) is 0 Å². The number of anilines is 3. The number of rotatable bonds is 4. The molecule has 2 N–H and O–H groups in total. The first kappa shape index (κ1) is 18.4. The molecule has 0 fully saturated rings. The van der Waals surface area contributed by atoms with E-state index in [-0.39, 0.29) is 22.5 Å². The quantitative estimate of drug-likeness (QED) is 0.840. The summed E-state index contributed by atoms with van der Waals surface area (Å²) < 4.78 is 46.1. The molecule has 2 aromatic carbocycles. The number of alkyl halides is 2. The van der Waals surface area contributed by atoms with E-state index < -0.39 is 18.5 Å². The van der Waals surface area contributed by atoms with Gasteiger partial charge in [-0.2, -0.15) is 8.78 Å².